The van der Waals surface area contributed by atoms with Gasteiger partial charge in [-0.2, -0.15) is 0 Å². The van der Waals surface area contributed by atoms with Crippen molar-refractivity contribution in [2.75, 3.05) is 0 Å². The molecular weight excluding hydrogens is 577 g/mol. The maximum absolute atomic E-state index is 8.59. The molecular formula is BaCr2O8Pb. The molecule has 0 saturated heterocycles. The van der Waals surface area contributed by atoms with Crippen LogP contribution in [0.2, 0.25) is 0 Å². The van der Waals surface area contributed by atoms with Crippen molar-refractivity contribution in [2.45, 2.75) is 0 Å². The van der Waals surface area contributed by atoms with Gasteiger partial charge in [0.25, 0.3) is 0 Å². The van der Waals surface area contributed by atoms with Crippen molar-refractivity contribution in [3.05, 3.63) is 0 Å². The van der Waals surface area contributed by atoms with Crippen LogP contribution in [0.25, 0.3) is 0 Å². The van der Waals surface area contributed by atoms with E-state index in [-0.39, 0.29) is 76.2 Å². The van der Waals surface area contributed by atoms with Gasteiger partial charge in [0.15, 0.2) is 0 Å². The van der Waals surface area contributed by atoms with Crippen LogP contribution in [0, 0.1) is 0 Å². The van der Waals surface area contributed by atoms with Crippen LogP contribution in [0.3, 0.4) is 0 Å². The molecule has 2 radical (unpaired) electrons. The van der Waals surface area contributed by atoms with E-state index < -0.39 is 27.2 Å². The summed E-state index contributed by atoms with van der Waals surface area (Å²) in [6.45, 7) is 0. The standard InChI is InChI=1S/Ba.2Cr.8O.Pb/q+2;;;;;;;4*-1;+2. The Morgan fingerprint density at radius 2 is 0.667 bits per heavy atom. The first kappa shape index (κ1) is 24.0. The van der Waals surface area contributed by atoms with Gasteiger partial charge in [-0.3, -0.25) is 0 Å². The monoisotopic (exact) mass is 578 g/mol. The average molecular weight is 577 g/mol. The van der Waals surface area contributed by atoms with E-state index in [1.54, 1.807) is 0 Å². The van der Waals surface area contributed by atoms with Gasteiger partial charge in [-0.1, -0.05) is 0 Å². The summed E-state index contributed by atoms with van der Waals surface area (Å²) in [4.78, 5) is 0. The van der Waals surface area contributed by atoms with Gasteiger partial charge in [0.1, 0.15) is 0 Å². The van der Waals surface area contributed by atoms with Crippen molar-refractivity contribution in [3.8, 4) is 0 Å². The second-order valence-electron chi connectivity index (χ2n) is 0.816. The van der Waals surface area contributed by atoms with Gasteiger partial charge in [-0.05, 0) is 0 Å². The predicted molar refractivity (Wildman–Crippen MR) is 14.3 cm³/mol. The van der Waals surface area contributed by atoms with E-state index in [0.717, 1.165) is 0 Å². The smallest absolute Gasteiger partial charge is 2.00 e. The molecule has 0 aliphatic heterocycles. The molecule has 0 unspecified atom stereocenters. The van der Waals surface area contributed by atoms with Gasteiger partial charge < -0.3 is 0 Å². The largest absolute Gasteiger partial charge is 2.00 e. The van der Waals surface area contributed by atoms with E-state index in [4.69, 9.17) is 31.8 Å². The van der Waals surface area contributed by atoms with E-state index in [9.17, 15) is 0 Å². The van der Waals surface area contributed by atoms with Gasteiger partial charge in [-0.25, -0.2) is 0 Å². The van der Waals surface area contributed by atoms with E-state index >= 15 is 0 Å². The van der Waals surface area contributed by atoms with Crippen molar-refractivity contribution >= 4 is 76.2 Å². The maximum atomic E-state index is 8.59. The van der Waals surface area contributed by atoms with Crippen molar-refractivity contribution in [1.29, 1.82) is 0 Å². The Labute approximate surface area is 132 Å². The van der Waals surface area contributed by atoms with Crippen LogP contribution >= 0.6 is 0 Å². The molecule has 0 aromatic heterocycles. The van der Waals surface area contributed by atoms with Crippen LogP contribution in [-0.4, -0.2) is 76.2 Å². The van der Waals surface area contributed by atoms with Crippen LogP contribution < -0.4 is 16.6 Å². The normalized spacial score (nSPS) is 9.67. The zero-order valence-corrected chi connectivity index (χ0v) is 16.2. The summed E-state index contributed by atoms with van der Waals surface area (Å²) in [7, 11) is 0. The van der Waals surface area contributed by atoms with Crippen molar-refractivity contribution in [2.24, 2.45) is 0 Å². The van der Waals surface area contributed by atoms with E-state index in [0.29, 0.717) is 0 Å². The van der Waals surface area contributed by atoms with E-state index in [1.165, 1.54) is 0 Å². The summed E-state index contributed by atoms with van der Waals surface area (Å²) in [5.74, 6) is 0. The van der Waals surface area contributed by atoms with E-state index in [2.05, 4.69) is 0 Å². The molecule has 12 heteroatoms. The fraction of sp³-hybridized carbons (Fsp3) is 0. The molecule has 0 N–H and O–H groups in total. The second kappa shape index (κ2) is 10.1. The fourth-order valence-corrected chi connectivity index (χ4v) is 0. The first-order valence-corrected chi connectivity index (χ1v) is 5.50. The topological polar surface area (TPSA) is 161 Å². The van der Waals surface area contributed by atoms with Crippen molar-refractivity contribution < 1.29 is 59.1 Å². The third-order valence-electron chi connectivity index (χ3n) is 0. The molecule has 12 heavy (non-hydrogen) atoms. The van der Waals surface area contributed by atoms with Gasteiger partial charge in [0, 0.05) is 0 Å². The van der Waals surface area contributed by atoms with Crippen molar-refractivity contribution in [3.63, 3.8) is 0 Å². The molecule has 0 aromatic rings. The minimum absolute atomic E-state index is 0. The Morgan fingerprint density at radius 1 is 0.667 bits per heavy atom. The molecule has 0 aliphatic rings. The Bertz CT molecular complexity index is 213. The van der Waals surface area contributed by atoms with Gasteiger partial charge in [0.2, 0.25) is 0 Å². The maximum Gasteiger partial charge on any atom is 2.00 e. The average Bonchev–Trinajstić information content (AvgIpc) is 1.12. The first-order valence-electron chi connectivity index (χ1n) is 1.33. The Kier molecular flexibility index (Phi) is 20.3. The summed E-state index contributed by atoms with van der Waals surface area (Å²) in [6, 6.07) is 0. The molecule has 0 saturated carbocycles. The number of hydrogen-bond donors (Lipinski definition) is 0. The predicted octanol–water partition coefficient (Wildman–Crippen LogP) is -6.00. The summed E-state index contributed by atoms with van der Waals surface area (Å²) in [5.41, 5.74) is 0. The third-order valence-corrected chi connectivity index (χ3v) is 0. The quantitative estimate of drug-likeness (QED) is 0.258. The second-order valence-corrected chi connectivity index (χ2v) is 3.37. The minimum Gasteiger partial charge on any atom is 2.00 e. The number of rotatable bonds is 0. The molecule has 0 bridgehead atoms. The molecule has 66 valence electrons. The van der Waals surface area contributed by atoms with Crippen LogP contribution in [0.15, 0.2) is 0 Å². The summed E-state index contributed by atoms with van der Waals surface area (Å²) in [5, 5.41) is 0. The Morgan fingerprint density at radius 3 is 0.667 bits per heavy atom. The third kappa shape index (κ3) is 251. The summed E-state index contributed by atoms with van der Waals surface area (Å²) < 4.78 is 68.8. The molecule has 0 atom stereocenters. The summed E-state index contributed by atoms with van der Waals surface area (Å²) in [6.07, 6.45) is 0. The molecule has 0 amide bonds. The molecule has 8 nitrogen and oxygen atoms in total. The number of hydrogen-bond acceptors (Lipinski definition) is 8. The van der Waals surface area contributed by atoms with Crippen LogP contribution in [0.1, 0.15) is 0 Å². The zero-order valence-electron chi connectivity index (χ0n) is 5.29. The molecule has 0 rings (SSSR count). The molecule has 0 heterocycles. The van der Waals surface area contributed by atoms with Gasteiger partial charge in [0.05, 0.1) is 0 Å². The van der Waals surface area contributed by atoms with Crippen LogP contribution in [0.4, 0.5) is 0 Å². The fourth-order valence-electron chi connectivity index (χ4n) is 0. The SMILES string of the molecule is [Ba+2].[O]=[Cr](=[O])([O-])[O-].[O]=[Cr](=[O])([O-])[O-].[Pb+2]. The van der Waals surface area contributed by atoms with Crippen LogP contribution in [0.5, 0.6) is 0 Å². The Hall–Kier alpha value is 2.60. The molecule has 0 fully saturated rings. The van der Waals surface area contributed by atoms with Gasteiger partial charge >= 0.3 is 135 Å². The molecule has 0 aromatic carbocycles. The molecule has 0 aliphatic carbocycles. The zero-order chi connectivity index (χ0) is 9.00. The minimum atomic E-state index is -5.75. The summed E-state index contributed by atoms with van der Waals surface area (Å²) >= 11 is -11.5. The Balaban J connectivity index is -0.0000000457. The van der Waals surface area contributed by atoms with Crippen LogP contribution in [-0.2, 0) is 42.4 Å². The molecule has 0 spiro atoms. The van der Waals surface area contributed by atoms with Gasteiger partial charge in [-0.15, -0.1) is 0 Å². The first-order chi connectivity index (χ1) is 4.00. The van der Waals surface area contributed by atoms with E-state index in [1.807, 2.05) is 0 Å². The van der Waals surface area contributed by atoms with Crippen molar-refractivity contribution in [1.82, 2.24) is 0 Å².